The van der Waals surface area contributed by atoms with Crippen LogP contribution in [0.5, 0.6) is 5.75 Å². The summed E-state index contributed by atoms with van der Waals surface area (Å²) in [6.45, 7) is -1.33. The smallest absolute Gasteiger partial charge is 0.406 e. The number of ether oxygens (including phenoxy) is 1. The van der Waals surface area contributed by atoms with E-state index in [1.54, 1.807) is 30.3 Å². The summed E-state index contributed by atoms with van der Waals surface area (Å²) < 4.78 is 57.4. The molecule has 2 aromatic carbocycles. The molecule has 0 aliphatic carbocycles. The van der Waals surface area contributed by atoms with Crippen LogP contribution in [0, 0.1) is 5.82 Å². The molecule has 0 amide bonds. The van der Waals surface area contributed by atoms with Crippen molar-refractivity contribution in [3.8, 4) is 5.75 Å². The molecule has 2 aromatic rings. The van der Waals surface area contributed by atoms with Crippen LogP contribution >= 0.6 is 12.2 Å². The molecule has 0 aliphatic heterocycles. The maximum Gasteiger partial charge on any atom is 0.406 e. The molecule has 0 bridgehead atoms. The highest BCUT2D eigenvalue weighted by Gasteiger charge is 2.32. The Kier molecular flexibility index (Phi) is 6.19. The lowest BCUT2D eigenvalue weighted by Crippen LogP contribution is -2.41. The van der Waals surface area contributed by atoms with Crippen molar-refractivity contribution in [2.24, 2.45) is 0 Å². The van der Waals surface area contributed by atoms with Gasteiger partial charge in [0.15, 0.2) is 5.11 Å². The molecule has 0 aliphatic rings. The predicted molar refractivity (Wildman–Crippen MR) is 92.1 cm³/mol. The van der Waals surface area contributed by atoms with Crippen LogP contribution in [-0.2, 0) is 6.54 Å². The Balaban J connectivity index is 2.16. The van der Waals surface area contributed by atoms with Gasteiger partial charge in [0.25, 0.3) is 0 Å². The van der Waals surface area contributed by atoms with Crippen LogP contribution in [0.1, 0.15) is 5.56 Å². The van der Waals surface area contributed by atoms with Gasteiger partial charge in [0, 0.05) is 6.54 Å². The third-order valence-corrected chi connectivity index (χ3v) is 3.67. The zero-order valence-corrected chi connectivity index (χ0v) is 14.1. The fourth-order valence-corrected chi connectivity index (χ4v) is 2.36. The number of para-hydroxylation sites is 1. The van der Waals surface area contributed by atoms with Crippen LogP contribution in [0.4, 0.5) is 23.2 Å². The molecule has 1 N–H and O–H groups in total. The zero-order chi connectivity index (χ0) is 18.4. The van der Waals surface area contributed by atoms with Crippen molar-refractivity contribution in [1.82, 2.24) is 4.90 Å². The van der Waals surface area contributed by atoms with Gasteiger partial charge in [-0.1, -0.05) is 24.3 Å². The van der Waals surface area contributed by atoms with E-state index in [4.69, 9.17) is 17.0 Å². The Morgan fingerprint density at radius 1 is 1.12 bits per heavy atom. The molecule has 2 rings (SSSR count). The molecule has 3 nitrogen and oxygen atoms in total. The average Bonchev–Trinajstić information content (AvgIpc) is 2.56. The molecule has 8 heteroatoms. The Morgan fingerprint density at radius 2 is 1.76 bits per heavy atom. The van der Waals surface area contributed by atoms with Crippen LogP contribution in [0.3, 0.4) is 0 Å². The summed E-state index contributed by atoms with van der Waals surface area (Å²) in [6, 6.07) is 12.2. The number of nitrogens with zero attached hydrogens (tertiary/aromatic N) is 1. The standard InChI is InChI=1S/C17H16F4N2OS/c1-24-13-8-6-12(7-9-13)10-23(11-17(19,20)21)16(25)22-15-5-3-2-4-14(15)18/h2-9H,10-11H2,1H3,(H,22,25). The summed E-state index contributed by atoms with van der Waals surface area (Å²) in [4.78, 5) is 0.934. The lowest BCUT2D eigenvalue weighted by atomic mass is 10.2. The van der Waals surface area contributed by atoms with Gasteiger partial charge in [0.2, 0.25) is 0 Å². The van der Waals surface area contributed by atoms with Gasteiger partial charge in [-0.05, 0) is 42.0 Å². The molecule has 0 heterocycles. The summed E-state index contributed by atoms with van der Waals surface area (Å²) in [6.07, 6.45) is -4.45. The van der Waals surface area contributed by atoms with E-state index in [0.717, 1.165) is 4.90 Å². The molecule has 134 valence electrons. The quantitative estimate of drug-likeness (QED) is 0.613. The molecule has 0 fully saturated rings. The number of halogens is 4. The Morgan fingerprint density at radius 3 is 2.32 bits per heavy atom. The monoisotopic (exact) mass is 372 g/mol. The van der Waals surface area contributed by atoms with Crippen molar-refractivity contribution >= 4 is 23.0 Å². The summed E-state index contributed by atoms with van der Waals surface area (Å²) in [5.74, 6) is -0.000523. The first kappa shape index (κ1) is 19.0. The minimum absolute atomic E-state index is 0.0226. The van der Waals surface area contributed by atoms with Gasteiger partial charge in [-0.25, -0.2) is 4.39 Å². The number of anilines is 1. The molecule has 0 spiro atoms. The van der Waals surface area contributed by atoms with E-state index in [2.05, 4.69) is 5.32 Å². The Hall–Kier alpha value is -2.35. The van der Waals surface area contributed by atoms with E-state index in [1.165, 1.54) is 25.3 Å². The molecule has 0 aromatic heterocycles. The van der Waals surface area contributed by atoms with E-state index >= 15 is 0 Å². The highest BCUT2D eigenvalue weighted by Crippen LogP contribution is 2.21. The summed E-state index contributed by atoms with van der Waals surface area (Å²) >= 11 is 5.06. The van der Waals surface area contributed by atoms with E-state index in [9.17, 15) is 17.6 Å². The number of hydrogen-bond donors (Lipinski definition) is 1. The highest BCUT2D eigenvalue weighted by atomic mass is 32.1. The van der Waals surface area contributed by atoms with Crippen LogP contribution < -0.4 is 10.1 Å². The molecule has 25 heavy (non-hydrogen) atoms. The summed E-state index contributed by atoms with van der Waals surface area (Å²) in [7, 11) is 1.50. The first-order valence-corrected chi connectivity index (χ1v) is 7.69. The first-order chi connectivity index (χ1) is 11.8. The van der Waals surface area contributed by atoms with Gasteiger partial charge in [0.1, 0.15) is 18.1 Å². The third kappa shape index (κ3) is 5.90. The minimum Gasteiger partial charge on any atom is -0.497 e. The van der Waals surface area contributed by atoms with E-state index in [-0.39, 0.29) is 17.3 Å². The molecule has 0 atom stereocenters. The lowest BCUT2D eigenvalue weighted by Gasteiger charge is -2.27. The molecule has 0 unspecified atom stereocenters. The molecular weight excluding hydrogens is 356 g/mol. The molecule has 0 radical (unpaired) electrons. The SMILES string of the molecule is COc1ccc(CN(CC(F)(F)F)C(=S)Nc2ccccc2F)cc1. The van der Waals surface area contributed by atoms with Crippen molar-refractivity contribution in [3.05, 3.63) is 59.9 Å². The van der Waals surface area contributed by atoms with Crippen LogP contribution in [0.15, 0.2) is 48.5 Å². The van der Waals surface area contributed by atoms with Crippen LogP contribution in [-0.4, -0.2) is 29.8 Å². The van der Waals surface area contributed by atoms with Crippen molar-refractivity contribution in [1.29, 1.82) is 0 Å². The van der Waals surface area contributed by atoms with Gasteiger partial charge >= 0.3 is 6.18 Å². The maximum atomic E-state index is 13.7. The predicted octanol–water partition coefficient (Wildman–Crippen LogP) is 4.60. The zero-order valence-electron chi connectivity index (χ0n) is 13.3. The van der Waals surface area contributed by atoms with Gasteiger partial charge < -0.3 is 15.0 Å². The number of thiocarbonyl (C=S) groups is 1. The highest BCUT2D eigenvalue weighted by molar-refractivity contribution is 7.80. The van der Waals surface area contributed by atoms with Crippen molar-refractivity contribution in [2.75, 3.05) is 19.0 Å². The van der Waals surface area contributed by atoms with E-state index < -0.39 is 18.5 Å². The topological polar surface area (TPSA) is 24.5 Å². The van der Waals surface area contributed by atoms with Crippen LogP contribution in [0.25, 0.3) is 0 Å². The van der Waals surface area contributed by atoms with Crippen LogP contribution in [0.2, 0.25) is 0 Å². The second kappa shape index (κ2) is 8.15. The average molecular weight is 372 g/mol. The Bertz CT molecular complexity index is 719. The van der Waals surface area contributed by atoms with Gasteiger partial charge in [0.05, 0.1) is 12.8 Å². The van der Waals surface area contributed by atoms with E-state index in [0.29, 0.717) is 11.3 Å². The Labute approximate surface area is 148 Å². The number of alkyl halides is 3. The van der Waals surface area contributed by atoms with Gasteiger partial charge in [-0.15, -0.1) is 0 Å². The van der Waals surface area contributed by atoms with Crippen molar-refractivity contribution < 1.29 is 22.3 Å². The van der Waals surface area contributed by atoms with Crippen molar-refractivity contribution in [3.63, 3.8) is 0 Å². The number of rotatable bonds is 5. The number of hydrogen-bond acceptors (Lipinski definition) is 2. The number of benzene rings is 2. The number of nitrogens with one attached hydrogen (secondary N) is 1. The fraction of sp³-hybridized carbons (Fsp3) is 0.235. The normalized spacial score (nSPS) is 11.1. The third-order valence-electron chi connectivity index (χ3n) is 3.31. The largest absolute Gasteiger partial charge is 0.497 e. The van der Waals surface area contributed by atoms with E-state index in [1.807, 2.05) is 0 Å². The van der Waals surface area contributed by atoms with Gasteiger partial charge in [-0.3, -0.25) is 0 Å². The second-order valence-corrected chi connectivity index (χ2v) is 5.62. The summed E-state index contributed by atoms with van der Waals surface area (Å²) in [5, 5.41) is 2.32. The lowest BCUT2D eigenvalue weighted by molar-refractivity contribution is -0.138. The minimum atomic E-state index is -4.45. The molecule has 0 saturated carbocycles. The van der Waals surface area contributed by atoms with Gasteiger partial charge in [-0.2, -0.15) is 13.2 Å². The second-order valence-electron chi connectivity index (χ2n) is 5.23. The maximum absolute atomic E-state index is 13.7. The number of methoxy groups -OCH3 is 1. The van der Waals surface area contributed by atoms with Crippen molar-refractivity contribution in [2.45, 2.75) is 12.7 Å². The fourth-order valence-electron chi connectivity index (χ4n) is 2.12. The molecule has 0 saturated heterocycles. The summed E-state index contributed by atoms with van der Waals surface area (Å²) in [5.41, 5.74) is 0.636. The molecular formula is C17H16F4N2OS. The first-order valence-electron chi connectivity index (χ1n) is 7.28.